The second-order valence-corrected chi connectivity index (χ2v) is 8.16. The minimum Gasteiger partial charge on any atom is -0.337 e. The molecule has 1 aliphatic heterocycles. The van der Waals surface area contributed by atoms with Gasteiger partial charge in [0, 0.05) is 50.4 Å². The van der Waals surface area contributed by atoms with Crippen molar-refractivity contribution in [3.8, 4) is 11.5 Å². The standard InChI is InChI=1S/C23H25FN6O/c1-3-30-20(10-14-6-4-8-26-21(14)30)22-27-18-11-16(17(24)12-19(18)28(22)2)23(31)29-9-5-7-15(25)13-29/h4,6,8,10-12,15H,3,5,7,9,13,25H2,1-2H3/t15-/m1/s1. The molecule has 0 spiro atoms. The number of rotatable bonds is 3. The number of benzene rings is 1. The van der Waals surface area contributed by atoms with E-state index in [-0.39, 0.29) is 17.5 Å². The number of nitrogens with zero attached hydrogens (tertiary/aromatic N) is 5. The molecule has 1 atom stereocenters. The number of halogens is 1. The number of fused-ring (bicyclic) bond motifs is 2. The Bertz CT molecular complexity index is 1310. The quantitative estimate of drug-likeness (QED) is 0.551. The molecule has 160 valence electrons. The number of nitrogens with two attached hydrogens (primary N) is 1. The molecule has 0 saturated carbocycles. The van der Waals surface area contributed by atoms with Crippen LogP contribution < -0.4 is 5.73 Å². The summed E-state index contributed by atoms with van der Waals surface area (Å²) in [5, 5.41) is 1.02. The summed E-state index contributed by atoms with van der Waals surface area (Å²) < 4.78 is 18.9. The molecule has 5 rings (SSSR count). The summed E-state index contributed by atoms with van der Waals surface area (Å²) in [6.45, 7) is 3.83. The number of hydrogen-bond acceptors (Lipinski definition) is 4. The second kappa shape index (κ2) is 7.46. The average molecular weight is 420 g/mol. The van der Waals surface area contributed by atoms with Gasteiger partial charge in [-0.1, -0.05) is 0 Å². The van der Waals surface area contributed by atoms with Crippen molar-refractivity contribution >= 4 is 28.0 Å². The Kier molecular flexibility index (Phi) is 4.74. The Morgan fingerprint density at radius 1 is 1.32 bits per heavy atom. The maximum Gasteiger partial charge on any atom is 0.256 e. The molecule has 1 fully saturated rings. The first-order chi connectivity index (χ1) is 15.0. The van der Waals surface area contributed by atoms with Crippen LogP contribution in [0, 0.1) is 5.82 Å². The molecule has 1 saturated heterocycles. The maximum atomic E-state index is 15.0. The molecule has 4 heterocycles. The first-order valence-electron chi connectivity index (χ1n) is 10.6. The Labute approximate surface area is 179 Å². The number of pyridine rings is 1. The third-order valence-corrected chi connectivity index (χ3v) is 6.15. The fourth-order valence-corrected chi connectivity index (χ4v) is 4.56. The largest absolute Gasteiger partial charge is 0.337 e. The van der Waals surface area contributed by atoms with Gasteiger partial charge in [-0.25, -0.2) is 14.4 Å². The Morgan fingerprint density at radius 3 is 2.94 bits per heavy atom. The van der Waals surface area contributed by atoms with Crippen LogP contribution in [0.5, 0.6) is 0 Å². The summed E-state index contributed by atoms with van der Waals surface area (Å²) in [6, 6.07) is 8.87. The van der Waals surface area contributed by atoms with Gasteiger partial charge in [0.05, 0.1) is 22.3 Å². The molecule has 3 aromatic heterocycles. The van der Waals surface area contributed by atoms with Gasteiger partial charge in [0.15, 0.2) is 5.82 Å². The zero-order valence-corrected chi connectivity index (χ0v) is 17.7. The lowest BCUT2D eigenvalue weighted by atomic mass is 10.0. The number of carbonyl (C=O) groups excluding carboxylic acids is 1. The van der Waals surface area contributed by atoms with Crippen molar-refractivity contribution in [3.05, 3.63) is 47.9 Å². The molecule has 1 aliphatic rings. The van der Waals surface area contributed by atoms with Gasteiger partial charge in [-0.3, -0.25) is 4.79 Å². The summed E-state index contributed by atoms with van der Waals surface area (Å²) in [4.78, 5) is 23.9. The fraction of sp³-hybridized carbons (Fsp3) is 0.348. The fourth-order valence-electron chi connectivity index (χ4n) is 4.56. The van der Waals surface area contributed by atoms with Crippen LogP contribution in [0.25, 0.3) is 33.6 Å². The van der Waals surface area contributed by atoms with E-state index in [1.165, 1.54) is 6.07 Å². The second-order valence-electron chi connectivity index (χ2n) is 8.16. The van der Waals surface area contributed by atoms with E-state index in [1.54, 1.807) is 17.2 Å². The van der Waals surface area contributed by atoms with Gasteiger partial charge in [0.1, 0.15) is 11.5 Å². The van der Waals surface area contributed by atoms with Gasteiger partial charge in [0.25, 0.3) is 5.91 Å². The highest BCUT2D eigenvalue weighted by atomic mass is 19.1. The summed E-state index contributed by atoms with van der Waals surface area (Å²) in [5.41, 5.74) is 9.07. The molecule has 0 radical (unpaired) electrons. The van der Waals surface area contributed by atoms with Crippen LogP contribution in [0.4, 0.5) is 4.39 Å². The van der Waals surface area contributed by atoms with Crippen molar-refractivity contribution in [2.24, 2.45) is 12.8 Å². The molecule has 0 bridgehead atoms. The van der Waals surface area contributed by atoms with Crippen molar-refractivity contribution in [2.75, 3.05) is 13.1 Å². The molecular formula is C23H25FN6O. The smallest absolute Gasteiger partial charge is 0.256 e. The SMILES string of the molecule is CCn1c(-c2nc3cc(C(=O)N4CCC[C@@H](N)C4)c(F)cc3n2C)cc2cccnc21. The van der Waals surface area contributed by atoms with Crippen molar-refractivity contribution in [1.29, 1.82) is 0 Å². The molecule has 1 amide bonds. The first-order valence-corrected chi connectivity index (χ1v) is 10.6. The lowest BCUT2D eigenvalue weighted by Gasteiger charge is -2.30. The van der Waals surface area contributed by atoms with Gasteiger partial charge in [-0.15, -0.1) is 0 Å². The molecule has 7 nitrogen and oxygen atoms in total. The summed E-state index contributed by atoms with van der Waals surface area (Å²) >= 11 is 0. The van der Waals surface area contributed by atoms with Crippen LogP contribution >= 0.6 is 0 Å². The Hall–Kier alpha value is -3.26. The van der Waals surface area contributed by atoms with E-state index in [0.717, 1.165) is 36.1 Å². The highest BCUT2D eigenvalue weighted by Crippen LogP contribution is 2.30. The number of amides is 1. The number of aryl methyl sites for hydroxylation is 2. The van der Waals surface area contributed by atoms with Crippen LogP contribution in [-0.4, -0.2) is 49.0 Å². The number of aromatic nitrogens is 4. The highest BCUT2D eigenvalue weighted by molar-refractivity contribution is 5.98. The summed E-state index contributed by atoms with van der Waals surface area (Å²) in [6.07, 6.45) is 3.49. The zero-order valence-electron chi connectivity index (χ0n) is 17.7. The van der Waals surface area contributed by atoms with Crippen LogP contribution in [-0.2, 0) is 13.6 Å². The first kappa shape index (κ1) is 19.7. The van der Waals surface area contributed by atoms with Gasteiger partial charge < -0.3 is 19.8 Å². The molecule has 2 N–H and O–H groups in total. The molecule has 0 unspecified atom stereocenters. The number of carbonyl (C=O) groups is 1. The van der Waals surface area contributed by atoms with E-state index in [9.17, 15) is 9.18 Å². The lowest BCUT2D eigenvalue weighted by Crippen LogP contribution is -2.45. The third-order valence-electron chi connectivity index (χ3n) is 6.15. The predicted molar refractivity (Wildman–Crippen MR) is 118 cm³/mol. The van der Waals surface area contributed by atoms with Crippen LogP contribution in [0.15, 0.2) is 36.5 Å². The highest BCUT2D eigenvalue weighted by Gasteiger charge is 2.26. The van der Waals surface area contributed by atoms with E-state index in [0.29, 0.717) is 29.9 Å². The third kappa shape index (κ3) is 3.18. The topological polar surface area (TPSA) is 82.0 Å². The number of piperidine rings is 1. The summed E-state index contributed by atoms with van der Waals surface area (Å²) in [5.74, 6) is -0.156. The Morgan fingerprint density at radius 2 is 2.16 bits per heavy atom. The maximum absolute atomic E-state index is 15.0. The van der Waals surface area contributed by atoms with Crippen molar-refractivity contribution in [1.82, 2.24) is 24.0 Å². The predicted octanol–water partition coefficient (Wildman–Crippen LogP) is 3.31. The van der Waals surface area contributed by atoms with E-state index < -0.39 is 5.82 Å². The average Bonchev–Trinajstić information content (AvgIpc) is 3.30. The molecule has 0 aliphatic carbocycles. The molecule has 31 heavy (non-hydrogen) atoms. The van der Waals surface area contributed by atoms with Gasteiger partial charge in [-0.05, 0) is 44.0 Å². The van der Waals surface area contributed by atoms with Crippen LogP contribution in [0.1, 0.15) is 30.1 Å². The number of hydrogen-bond donors (Lipinski definition) is 1. The minimum absolute atomic E-state index is 0.0453. The number of imidazole rings is 1. The van der Waals surface area contributed by atoms with E-state index in [4.69, 9.17) is 10.7 Å². The Balaban J connectivity index is 1.61. The molecular weight excluding hydrogens is 395 g/mol. The van der Waals surface area contributed by atoms with Crippen molar-refractivity contribution in [3.63, 3.8) is 0 Å². The molecule has 1 aromatic carbocycles. The van der Waals surface area contributed by atoms with Crippen molar-refractivity contribution < 1.29 is 9.18 Å². The lowest BCUT2D eigenvalue weighted by molar-refractivity contribution is 0.0704. The summed E-state index contributed by atoms with van der Waals surface area (Å²) in [7, 11) is 1.86. The van der Waals surface area contributed by atoms with Crippen molar-refractivity contribution in [2.45, 2.75) is 32.4 Å². The van der Waals surface area contributed by atoms with Gasteiger partial charge >= 0.3 is 0 Å². The minimum atomic E-state index is -0.538. The zero-order chi connectivity index (χ0) is 21.7. The van der Waals surface area contributed by atoms with Crippen LogP contribution in [0.3, 0.4) is 0 Å². The van der Waals surface area contributed by atoms with Gasteiger partial charge in [-0.2, -0.15) is 0 Å². The van der Waals surface area contributed by atoms with E-state index in [1.807, 2.05) is 29.8 Å². The molecule has 8 heteroatoms. The number of likely N-dealkylation sites (tertiary alicyclic amines) is 1. The van der Waals surface area contributed by atoms with E-state index in [2.05, 4.69) is 16.5 Å². The van der Waals surface area contributed by atoms with E-state index >= 15 is 0 Å². The molecule has 4 aromatic rings. The monoisotopic (exact) mass is 420 g/mol. The normalized spacial score (nSPS) is 17.0. The van der Waals surface area contributed by atoms with Gasteiger partial charge in [0.2, 0.25) is 0 Å². The van der Waals surface area contributed by atoms with Crippen LogP contribution in [0.2, 0.25) is 0 Å².